The summed E-state index contributed by atoms with van der Waals surface area (Å²) >= 11 is 0. The zero-order valence-electron chi connectivity index (χ0n) is 11.2. The van der Waals surface area contributed by atoms with Crippen molar-refractivity contribution in [3.05, 3.63) is 72.1 Å². The fourth-order valence-corrected chi connectivity index (χ4v) is 1.77. The number of nitrogens with one attached hydrogen (secondary N) is 1. The van der Waals surface area contributed by atoms with Crippen molar-refractivity contribution in [1.29, 1.82) is 0 Å². The quantitative estimate of drug-likeness (QED) is 0.818. The van der Waals surface area contributed by atoms with Gasteiger partial charge in [0.15, 0.2) is 5.69 Å². The zero-order chi connectivity index (χ0) is 14.2. The number of aromatic nitrogens is 2. The third kappa shape index (κ3) is 4.31. The van der Waals surface area contributed by atoms with Crippen molar-refractivity contribution >= 4 is 5.91 Å². The van der Waals surface area contributed by atoms with E-state index in [1.807, 2.05) is 18.2 Å². The zero-order valence-corrected chi connectivity index (χ0v) is 11.2. The maximum Gasteiger partial charge on any atom is 0.272 e. The molecule has 1 aromatic heterocycles. The standard InChI is InChI=1S/C16H17N3O/c1-13(9-10-14-6-3-2-4-7-14)12-17-16(20)15-8-5-11-18-19-15/h2-8,11H,1,9-10,12H2,(H,17,20). The number of nitrogens with zero attached hydrogens (tertiary/aromatic N) is 2. The first kappa shape index (κ1) is 13.9. The van der Waals surface area contributed by atoms with E-state index in [9.17, 15) is 4.79 Å². The number of rotatable bonds is 6. The molecule has 0 unspecified atom stereocenters. The van der Waals surface area contributed by atoms with E-state index in [2.05, 4.69) is 34.2 Å². The Morgan fingerprint density at radius 3 is 2.65 bits per heavy atom. The van der Waals surface area contributed by atoms with Crippen molar-refractivity contribution in [2.75, 3.05) is 6.54 Å². The largest absolute Gasteiger partial charge is 0.347 e. The summed E-state index contributed by atoms with van der Waals surface area (Å²) in [4.78, 5) is 11.8. The van der Waals surface area contributed by atoms with E-state index in [4.69, 9.17) is 0 Å². The Balaban J connectivity index is 1.74. The molecule has 4 heteroatoms. The summed E-state index contributed by atoms with van der Waals surface area (Å²) in [5.74, 6) is -0.223. The van der Waals surface area contributed by atoms with Crippen LogP contribution < -0.4 is 5.32 Å². The number of hydrogen-bond acceptors (Lipinski definition) is 3. The lowest BCUT2D eigenvalue weighted by Gasteiger charge is -2.07. The van der Waals surface area contributed by atoms with Crippen LogP contribution in [0.3, 0.4) is 0 Å². The van der Waals surface area contributed by atoms with Crippen LogP contribution in [0.1, 0.15) is 22.5 Å². The van der Waals surface area contributed by atoms with Crippen LogP contribution in [-0.4, -0.2) is 22.6 Å². The number of amides is 1. The number of benzene rings is 1. The number of aryl methyl sites for hydroxylation is 1. The molecule has 0 aliphatic heterocycles. The van der Waals surface area contributed by atoms with Gasteiger partial charge >= 0.3 is 0 Å². The Morgan fingerprint density at radius 1 is 1.15 bits per heavy atom. The van der Waals surface area contributed by atoms with Crippen LogP contribution in [0, 0.1) is 0 Å². The molecule has 0 aliphatic rings. The predicted molar refractivity (Wildman–Crippen MR) is 78.3 cm³/mol. The molecule has 0 saturated heterocycles. The van der Waals surface area contributed by atoms with E-state index < -0.39 is 0 Å². The Hall–Kier alpha value is -2.49. The van der Waals surface area contributed by atoms with Gasteiger partial charge in [0.2, 0.25) is 0 Å². The second kappa shape index (κ2) is 7.19. The predicted octanol–water partition coefficient (Wildman–Crippen LogP) is 2.40. The molecule has 0 radical (unpaired) electrons. The third-order valence-electron chi connectivity index (χ3n) is 2.91. The topological polar surface area (TPSA) is 54.9 Å². The molecule has 102 valence electrons. The van der Waals surface area contributed by atoms with E-state index in [1.165, 1.54) is 11.8 Å². The lowest BCUT2D eigenvalue weighted by atomic mass is 10.1. The SMILES string of the molecule is C=C(CCc1ccccc1)CNC(=O)c1cccnn1. The summed E-state index contributed by atoms with van der Waals surface area (Å²) in [6.07, 6.45) is 3.32. The van der Waals surface area contributed by atoms with Crippen LogP contribution in [-0.2, 0) is 6.42 Å². The third-order valence-corrected chi connectivity index (χ3v) is 2.91. The van der Waals surface area contributed by atoms with Gasteiger partial charge in [0.05, 0.1) is 0 Å². The first-order valence-corrected chi connectivity index (χ1v) is 6.52. The highest BCUT2D eigenvalue weighted by Gasteiger charge is 2.06. The van der Waals surface area contributed by atoms with Crippen molar-refractivity contribution in [2.24, 2.45) is 0 Å². The first-order valence-electron chi connectivity index (χ1n) is 6.52. The second-order valence-electron chi connectivity index (χ2n) is 4.53. The van der Waals surface area contributed by atoms with Crippen molar-refractivity contribution in [2.45, 2.75) is 12.8 Å². The molecular weight excluding hydrogens is 250 g/mol. The molecule has 1 heterocycles. The van der Waals surface area contributed by atoms with E-state index in [0.29, 0.717) is 12.2 Å². The molecule has 20 heavy (non-hydrogen) atoms. The maximum absolute atomic E-state index is 11.8. The highest BCUT2D eigenvalue weighted by Crippen LogP contribution is 2.07. The van der Waals surface area contributed by atoms with Crippen molar-refractivity contribution in [3.8, 4) is 0 Å². The van der Waals surface area contributed by atoms with Gasteiger partial charge in [-0.2, -0.15) is 5.10 Å². The van der Waals surface area contributed by atoms with Gasteiger partial charge in [-0.15, -0.1) is 5.10 Å². The molecule has 0 spiro atoms. The van der Waals surface area contributed by atoms with Crippen LogP contribution in [0.2, 0.25) is 0 Å². The van der Waals surface area contributed by atoms with Gasteiger partial charge in [-0.3, -0.25) is 4.79 Å². The van der Waals surface area contributed by atoms with Gasteiger partial charge < -0.3 is 5.32 Å². The van der Waals surface area contributed by atoms with Crippen molar-refractivity contribution in [1.82, 2.24) is 15.5 Å². The Bertz CT molecular complexity index is 567. The van der Waals surface area contributed by atoms with Crippen LogP contribution in [0.25, 0.3) is 0 Å². The minimum Gasteiger partial charge on any atom is -0.347 e. The van der Waals surface area contributed by atoms with E-state index in [1.54, 1.807) is 12.1 Å². The maximum atomic E-state index is 11.8. The van der Waals surface area contributed by atoms with Gasteiger partial charge in [-0.05, 0) is 30.5 Å². The Morgan fingerprint density at radius 2 is 1.95 bits per heavy atom. The normalized spacial score (nSPS) is 10.0. The molecule has 1 amide bonds. The fourth-order valence-electron chi connectivity index (χ4n) is 1.77. The summed E-state index contributed by atoms with van der Waals surface area (Å²) in [7, 11) is 0. The fraction of sp³-hybridized carbons (Fsp3) is 0.188. The molecule has 0 bridgehead atoms. The average Bonchev–Trinajstić information content (AvgIpc) is 2.52. The minimum atomic E-state index is -0.223. The van der Waals surface area contributed by atoms with Gasteiger partial charge in [-0.25, -0.2) is 0 Å². The molecule has 0 saturated carbocycles. The van der Waals surface area contributed by atoms with Crippen molar-refractivity contribution in [3.63, 3.8) is 0 Å². The van der Waals surface area contributed by atoms with E-state index in [0.717, 1.165) is 18.4 Å². The van der Waals surface area contributed by atoms with Crippen LogP contribution in [0.5, 0.6) is 0 Å². The van der Waals surface area contributed by atoms with Gasteiger partial charge in [0, 0.05) is 12.7 Å². The molecule has 2 aromatic rings. The molecule has 0 fully saturated rings. The first-order chi connectivity index (χ1) is 9.75. The van der Waals surface area contributed by atoms with Crippen molar-refractivity contribution < 1.29 is 4.79 Å². The highest BCUT2D eigenvalue weighted by atomic mass is 16.1. The molecule has 1 aromatic carbocycles. The lowest BCUT2D eigenvalue weighted by Crippen LogP contribution is -2.26. The molecule has 0 atom stereocenters. The second-order valence-corrected chi connectivity index (χ2v) is 4.53. The van der Waals surface area contributed by atoms with Gasteiger partial charge in [0.25, 0.3) is 5.91 Å². The summed E-state index contributed by atoms with van der Waals surface area (Å²) in [5.41, 5.74) is 2.59. The number of carbonyl (C=O) groups excluding carboxylic acids is 1. The van der Waals surface area contributed by atoms with E-state index in [-0.39, 0.29) is 5.91 Å². The molecular formula is C16H17N3O. The molecule has 1 N–H and O–H groups in total. The van der Waals surface area contributed by atoms with Crippen LogP contribution >= 0.6 is 0 Å². The monoisotopic (exact) mass is 267 g/mol. The van der Waals surface area contributed by atoms with Crippen LogP contribution in [0.4, 0.5) is 0 Å². The molecule has 0 aliphatic carbocycles. The highest BCUT2D eigenvalue weighted by molar-refractivity contribution is 5.92. The summed E-state index contributed by atoms with van der Waals surface area (Å²) in [5, 5.41) is 10.2. The molecule has 4 nitrogen and oxygen atoms in total. The average molecular weight is 267 g/mol. The molecule has 2 rings (SSSR count). The summed E-state index contributed by atoms with van der Waals surface area (Å²) < 4.78 is 0. The summed E-state index contributed by atoms with van der Waals surface area (Å²) in [6.45, 7) is 4.45. The van der Waals surface area contributed by atoms with Gasteiger partial charge in [0.1, 0.15) is 0 Å². The number of carbonyl (C=O) groups is 1. The van der Waals surface area contributed by atoms with Crippen LogP contribution in [0.15, 0.2) is 60.8 Å². The van der Waals surface area contributed by atoms with E-state index >= 15 is 0 Å². The van der Waals surface area contributed by atoms with Gasteiger partial charge in [-0.1, -0.05) is 42.5 Å². The Kier molecular flexibility index (Phi) is 5.00. The Labute approximate surface area is 118 Å². The summed E-state index contributed by atoms with van der Waals surface area (Å²) in [6, 6.07) is 13.5. The minimum absolute atomic E-state index is 0.223. The smallest absolute Gasteiger partial charge is 0.272 e. The lowest BCUT2D eigenvalue weighted by molar-refractivity contribution is 0.0951. The number of hydrogen-bond donors (Lipinski definition) is 1.